The van der Waals surface area contributed by atoms with Gasteiger partial charge in [-0.2, -0.15) is 0 Å². The SMILES string of the molecule is CCOC(=O)c1ccc(N(c2cc(Br)c(C)cc2O)[SH](=O)=O)c(C)c1. The molecule has 0 fully saturated rings. The zero-order chi connectivity index (χ0) is 18.7. The lowest BCUT2D eigenvalue weighted by atomic mass is 10.1. The number of nitrogens with zero attached hydrogens (tertiary/aromatic N) is 1. The van der Waals surface area contributed by atoms with E-state index in [1.165, 1.54) is 24.3 Å². The van der Waals surface area contributed by atoms with E-state index >= 15 is 0 Å². The van der Waals surface area contributed by atoms with Crippen molar-refractivity contribution in [2.45, 2.75) is 20.8 Å². The molecule has 0 saturated heterocycles. The number of carbonyl (C=O) groups excluding carboxylic acids is 1. The molecule has 0 aliphatic rings. The molecule has 134 valence electrons. The van der Waals surface area contributed by atoms with Gasteiger partial charge in [0.15, 0.2) is 0 Å². The van der Waals surface area contributed by atoms with Crippen molar-refractivity contribution >= 4 is 44.2 Å². The second kappa shape index (κ2) is 7.88. The fourth-order valence-corrected chi connectivity index (χ4v) is 3.43. The molecule has 1 N–H and O–H groups in total. The maximum atomic E-state index is 11.9. The normalized spacial score (nSPS) is 10.8. The molecular weight excluding hydrogens is 410 g/mol. The van der Waals surface area contributed by atoms with Crippen LogP contribution in [0.15, 0.2) is 34.8 Å². The highest BCUT2D eigenvalue weighted by atomic mass is 79.9. The first-order valence-electron chi connectivity index (χ1n) is 7.47. The quantitative estimate of drug-likeness (QED) is 0.562. The molecule has 0 aliphatic carbocycles. The molecule has 8 heteroatoms. The van der Waals surface area contributed by atoms with Gasteiger partial charge in [0.25, 0.3) is 0 Å². The van der Waals surface area contributed by atoms with E-state index in [1.54, 1.807) is 26.8 Å². The number of phenolic OH excluding ortho intramolecular Hbond substituents is 1. The highest BCUT2D eigenvalue weighted by Crippen LogP contribution is 2.38. The number of benzene rings is 2. The molecule has 0 radical (unpaired) electrons. The first-order chi connectivity index (χ1) is 11.8. The van der Waals surface area contributed by atoms with Gasteiger partial charge in [0.05, 0.1) is 23.5 Å². The van der Waals surface area contributed by atoms with Crippen molar-refractivity contribution in [1.29, 1.82) is 0 Å². The van der Waals surface area contributed by atoms with E-state index < -0.39 is 16.9 Å². The predicted octanol–water partition coefficient (Wildman–Crippen LogP) is 3.61. The number of anilines is 2. The average Bonchev–Trinajstić information content (AvgIpc) is 2.53. The molecular formula is C17H18BrNO5S. The number of carbonyl (C=O) groups is 1. The smallest absolute Gasteiger partial charge is 0.338 e. The van der Waals surface area contributed by atoms with E-state index in [9.17, 15) is 18.3 Å². The maximum absolute atomic E-state index is 11.9. The fourth-order valence-electron chi connectivity index (χ4n) is 2.37. The van der Waals surface area contributed by atoms with Crippen LogP contribution in [0.25, 0.3) is 0 Å². The maximum Gasteiger partial charge on any atom is 0.338 e. The predicted molar refractivity (Wildman–Crippen MR) is 100 cm³/mol. The van der Waals surface area contributed by atoms with Crippen LogP contribution in [0.4, 0.5) is 11.4 Å². The summed E-state index contributed by atoms with van der Waals surface area (Å²) < 4.78 is 30.4. The van der Waals surface area contributed by atoms with Gasteiger partial charge in [-0.1, -0.05) is 15.9 Å². The number of thiol groups is 1. The van der Waals surface area contributed by atoms with Crippen molar-refractivity contribution in [2.75, 3.05) is 10.9 Å². The van der Waals surface area contributed by atoms with Gasteiger partial charge in [-0.25, -0.2) is 17.5 Å². The minimum absolute atomic E-state index is 0.126. The summed E-state index contributed by atoms with van der Waals surface area (Å²) in [6.45, 7) is 5.43. The summed E-state index contributed by atoms with van der Waals surface area (Å²) in [5.74, 6) is -0.634. The third-order valence-electron chi connectivity index (χ3n) is 3.58. The van der Waals surface area contributed by atoms with E-state index in [-0.39, 0.29) is 18.0 Å². The number of halogens is 1. The van der Waals surface area contributed by atoms with Crippen LogP contribution in [0.3, 0.4) is 0 Å². The van der Waals surface area contributed by atoms with E-state index in [1.807, 2.05) is 0 Å². The van der Waals surface area contributed by atoms with Crippen LogP contribution in [0.2, 0.25) is 0 Å². The summed E-state index contributed by atoms with van der Waals surface area (Å²) in [5, 5.41) is 10.2. The summed E-state index contributed by atoms with van der Waals surface area (Å²) in [7, 11) is -3.07. The number of rotatable bonds is 5. The number of esters is 1. The number of aromatic hydroxyl groups is 1. The number of hydrogen-bond donors (Lipinski definition) is 2. The van der Waals surface area contributed by atoms with Crippen molar-refractivity contribution in [3.05, 3.63) is 51.5 Å². The lowest BCUT2D eigenvalue weighted by Gasteiger charge is -2.22. The summed E-state index contributed by atoms with van der Waals surface area (Å²) in [4.78, 5) is 11.8. The van der Waals surface area contributed by atoms with Gasteiger partial charge in [-0.15, -0.1) is 0 Å². The van der Waals surface area contributed by atoms with Gasteiger partial charge in [0, 0.05) is 4.47 Å². The minimum Gasteiger partial charge on any atom is -0.506 e. The molecule has 2 aromatic carbocycles. The molecule has 0 amide bonds. The van der Waals surface area contributed by atoms with Gasteiger partial charge < -0.3 is 9.84 Å². The van der Waals surface area contributed by atoms with E-state index in [0.717, 1.165) is 9.87 Å². The highest BCUT2D eigenvalue weighted by molar-refractivity contribution is 9.10. The molecule has 2 aromatic rings. The zero-order valence-electron chi connectivity index (χ0n) is 13.9. The minimum atomic E-state index is -3.07. The average molecular weight is 428 g/mol. The summed E-state index contributed by atoms with van der Waals surface area (Å²) >= 11 is 3.34. The Morgan fingerprint density at radius 2 is 1.84 bits per heavy atom. The van der Waals surface area contributed by atoms with Crippen molar-refractivity contribution in [3.8, 4) is 5.75 Å². The standard InChI is InChI=1S/C17H18BrNO5S/c1-4-24-17(21)12-5-6-14(11(3)7-12)19(25(22)23)15-9-13(18)10(2)8-16(15)20/h5-9,20,25H,4H2,1-3H3. The molecule has 0 heterocycles. The van der Waals surface area contributed by atoms with E-state index in [0.29, 0.717) is 21.3 Å². The Morgan fingerprint density at radius 3 is 2.40 bits per heavy atom. The molecule has 0 aliphatic heterocycles. The Bertz CT molecular complexity index is 887. The molecule has 25 heavy (non-hydrogen) atoms. The fraction of sp³-hybridized carbons (Fsp3) is 0.235. The first kappa shape index (κ1) is 19.3. The second-order valence-corrected chi connectivity index (χ2v) is 7.09. The topological polar surface area (TPSA) is 83.9 Å². The van der Waals surface area contributed by atoms with Crippen LogP contribution < -0.4 is 4.31 Å². The van der Waals surface area contributed by atoms with Gasteiger partial charge in [-0.05, 0) is 62.2 Å². The van der Waals surface area contributed by atoms with Crippen LogP contribution in [0, 0.1) is 13.8 Å². The van der Waals surface area contributed by atoms with Gasteiger partial charge >= 0.3 is 5.97 Å². The Morgan fingerprint density at radius 1 is 1.16 bits per heavy atom. The van der Waals surface area contributed by atoms with Crippen molar-refractivity contribution in [3.63, 3.8) is 0 Å². The van der Waals surface area contributed by atoms with Crippen LogP contribution in [-0.2, 0) is 15.6 Å². The Balaban J connectivity index is 2.56. The van der Waals surface area contributed by atoms with Crippen molar-refractivity contribution < 1.29 is 23.1 Å². The van der Waals surface area contributed by atoms with Crippen molar-refractivity contribution in [1.82, 2.24) is 0 Å². The third kappa shape index (κ3) is 4.13. The van der Waals surface area contributed by atoms with Crippen molar-refractivity contribution in [2.24, 2.45) is 0 Å². The number of ether oxygens (including phenoxy) is 1. The lowest BCUT2D eigenvalue weighted by molar-refractivity contribution is 0.0526. The summed E-state index contributed by atoms with van der Waals surface area (Å²) in [5.41, 5.74) is 2.13. The van der Waals surface area contributed by atoms with Gasteiger partial charge in [0.1, 0.15) is 5.75 Å². The second-order valence-electron chi connectivity index (χ2n) is 5.36. The highest BCUT2D eigenvalue weighted by Gasteiger charge is 2.20. The molecule has 6 nitrogen and oxygen atoms in total. The molecule has 0 bridgehead atoms. The Kier molecular flexibility index (Phi) is 6.07. The molecule has 0 unspecified atom stereocenters. The summed E-state index contributed by atoms with van der Waals surface area (Å²) in [6.07, 6.45) is 0. The van der Waals surface area contributed by atoms with Gasteiger partial charge in [0.2, 0.25) is 10.9 Å². The van der Waals surface area contributed by atoms with Crippen LogP contribution >= 0.6 is 15.9 Å². The number of phenols is 1. The van der Waals surface area contributed by atoms with Gasteiger partial charge in [-0.3, -0.25) is 0 Å². The zero-order valence-corrected chi connectivity index (χ0v) is 16.4. The molecule has 0 saturated carbocycles. The van der Waals surface area contributed by atoms with Crippen LogP contribution in [0.5, 0.6) is 5.75 Å². The molecule has 0 spiro atoms. The lowest BCUT2D eigenvalue weighted by Crippen LogP contribution is -2.16. The first-order valence-corrected chi connectivity index (χ1v) is 9.40. The summed E-state index contributed by atoms with van der Waals surface area (Å²) in [6, 6.07) is 7.58. The largest absolute Gasteiger partial charge is 0.506 e. The molecule has 2 rings (SSSR count). The molecule has 0 atom stereocenters. The number of aryl methyl sites for hydroxylation is 2. The van der Waals surface area contributed by atoms with E-state index in [4.69, 9.17) is 4.74 Å². The van der Waals surface area contributed by atoms with Crippen LogP contribution in [-0.4, -0.2) is 26.1 Å². The number of hydrogen-bond acceptors (Lipinski definition) is 5. The Hall–Kier alpha value is -2.06. The molecule has 0 aromatic heterocycles. The Labute approximate surface area is 156 Å². The van der Waals surface area contributed by atoms with E-state index in [2.05, 4.69) is 15.9 Å². The monoisotopic (exact) mass is 427 g/mol. The third-order valence-corrected chi connectivity index (χ3v) is 5.20. The van der Waals surface area contributed by atoms with Crippen LogP contribution in [0.1, 0.15) is 28.4 Å².